The van der Waals surface area contributed by atoms with E-state index < -0.39 is 5.91 Å². The van der Waals surface area contributed by atoms with E-state index in [0.717, 1.165) is 10.9 Å². The van der Waals surface area contributed by atoms with Crippen molar-refractivity contribution in [3.63, 3.8) is 0 Å². The lowest BCUT2D eigenvalue weighted by Crippen LogP contribution is -2.14. The van der Waals surface area contributed by atoms with Crippen LogP contribution in [0, 0.1) is 0 Å². The summed E-state index contributed by atoms with van der Waals surface area (Å²) in [5.41, 5.74) is 9.03. The number of amides is 1. The SMILES string of the molecule is COc1cnc(-c2nn(CC=C(C)C)c3ccccc23)nc1Nc1ccncc1C(N)=O. The quantitative estimate of drug-likeness (QED) is 0.430. The molecule has 9 heteroatoms. The molecule has 0 unspecified atom stereocenters. The first kappa shape index (κ1) is 21.0. The van der Waals surface area contributed by atoms with Crippen LogP contribution >= 0.6 is 0 Å². The Balaban J connectivity index is 1.81. The molecule has 4 aromatic rings. The van der Waals surface area contributed by atoms with Gasteiger partial charge >= 0.3 is 0 Å². The van der Waals surface area contributed by atoms with E-state index in [1.165, 1.54) is 18.9 Å². The van der Waals surface area contributed by atoms with Crippen molar-refractivity contribution in [2.45, 2.75) is 20.4 Å². The minimum absolute atomic E-state index is 0.242. The molecule has 4 rings (SSSR count). The van der Waals surface area contributed by atoms with Crippen LogP contribution in [0.25, 0.3) is 22.4 Å². The molecule has 0 aliphatic carbocycles. The molecule has 0 saturated carbocycles. The van der Waals surface area contributed by atoms with Gasteiger partial charge in [0.1, 0.15) is 5.69 Å². The van der Waals surface area contributed by atoms with Gasteiger partial charge in [-0.2, -0.15) is 5.10 Å². The van der Waals surface area contributed by atoms with Gasteiger partial charge in [-0.1, -0.05) is 29.8 Å². The minimum Gasteiger partial charge on any atom is -0.491 e. The molecule has 1 amide bonds. The number of anilines is 2. The number of para-hydroxylation sites is 1. The maximum atomic E-state index is 11.8. The van der Waals surface area contributed by atoms with Crippen molar-refractivity contribution in [1.82, 2.24) is 24.7 Å². The monoisotopic (exact) mass is 429 g/mol. The van der Waals surface area contributed by atoms with Gasteiger partial charge < -0.3 is 15.8 Å². The maximum Gasteiger partial charge on any atom is 0.252 e. The standard InChI is InChI=1S/C23H23N7O2/c1-14(2)9-11-30-18-7-5-4-6-15(18)20(29-30)23-26-13-19(32-3)22(28-23)27-17-8-10-25-12-16(17)21(24)31/h4-10,12-13H,11H2,1-3H3,(H2,24,31)(H,25,26,27,28). The Hall–Kier alpha value is -4.27. The second kappa shape index (κ2) is 8.84. The summed E-state index contributed by atoms with van der Waals surface area (Å²) < 4.78 is 7.34. The zero-order chi connectivity index (χ0) is 22.7. The number of rotatable bonds is 7. The number of nitrogens with one attached hydrogen (secondary N) is 1. The number of hydrogen-bond acceptors (Lipinski definition) is 7. The van der Waals surface area contributed by atoms with E-state index in [4.69, 9.17) is 15.6 Å². The molecular formula is C23H23N7O2. The third-order valence-corrected chi connectivity index (χ3v) is 4.86. The lowest BCUT2D eigenvalue weighted by atomic mass is 10.2. The summed E-state index contributed by atoms with van der Waals surface area (Å²) in [6.45, 7) is 4.75. The van der Waals surface area contributed by atoms with E-state index >= 15 is 0 Å². The summed E-state index contributed by atoms with van der Waals surface area (Å²) >= 11 is 0. The zero-order valence-electron chi connectivity index (χ0n) is 18.0. The molecule has 9 nitrogen and oxygen atoms in total. The highest BCUT2D eigenvalue weighted by Crippen LogP contribution is 2.31. The zero-order valence-corrected chi connectivity index (χ0v) is 18.0. The van der Waals surface area contributed by atoms with Gasteiger partial charge in [0.25, 0.3) is 5.91 Å². The summed E-state index contributed by atoms with van der Waals surface area (Å²) in [5, 5.41) is 8.83. The first-order valence-corrected chi connectivity index (χ1v) is 9.99. The summed E-state index contributed by atoms with van der Waals surface area (Å²) in [5.74, 6) is 0.622. The van der Waals surface area contributed by atoms with Crippen LogP contribution < -0.4 is 15.8 Å². The van der Waals surface area contributed by atoms with Crippen molar-refractivity contribution in [1.29, 1.82) is 0 Å². The first-order valence-electron chi connectivity index (χ1n) is 9.99. The second-order valence-electron chi connectivity index (χ2n) is 7.35. The topological polar surface area (TPSA) is 121 Å². The van der Waals surface area contributed by atoms with E-state index in [0.29, 0.717) is 35.3 Å². The molecule has 3 aromatic heterocycles. The second-order valence-corrected chi connectivity index (χ2v) is 7.35. The number of ether oxygens (including phenoxy) is 1. The van der Waals surface area contributed by atoms with Crippen LogP contribution in [-0.2, 0) is 6.54 Å². The van der Waals surface area contributed by atoms with E-state index in [2.05, 4.69) is 40.2 Å². The Kier molecular flexibility index (Phi) is 5.80. The van der Waals surface area contributed by atoms with Crippen LogP contribution in [0.3, 0.4) is 0 Å². The van der Waals surface area contributed by atoms with Crippen molar-refractivity contribution < 1.29 is 9.53 Å². The van der Waals surface area contributed by atoms with Crippen LogP contribution in [0.5, 0.6) is 5.75 Å². The molecule has 0 atom stereocenters. The smallest absolute Gasteiger partial charge is 0.252 e. The fourth-order valence-corrected chi connectivity index (χ4v) is 3.25. The first-order chi connectivity index (χ1) is 15.5. The van der Waals surface area contributed by atoms with E-state index in [9.17, 15) is 4.79 Å². The molecule has 3 N–H and O–H groups in total. The van der Waals surface area contributed by atoms with Gasteiger partial charge in [-0.25, -0.2) is 9.97 Å². The van der Waals surface area contributed by atoms with Crippen molar-refractivity contribution >= 4 is 28.3 Å². The van der Waals surface area contributed by atoms with E-state index in [1.54, 1.807) is 18.5 Å². The molecule has 0 spiro atoms. The minimum atomic E-state index is -0.599. The number of hydrogen-bond donors (Lipinski definition) is 2. The number of pyridine rings is 1. The Morgan fingerprint density at radius 2 is 2.03 bits per heavy atom. The van der Waals surface area contributed by atoms with Crippen molar-refractivity contribution in [2.24, 2.45) is 5.73 Å². The van der Waals surface area contributed by atoms with Gasteiger partial charge in [0.05, 0.1) is 36.6 Å². The van der Waals surface area contributed by atoms with Crippen LogP contribution in [0.15, 0.2) is 60.6 Å². The molecule has 0 aliphatic rings. The van der Waals surface area contributed by atoms with Crippen molar-refractivity contribution in [2.75, 3.05) is 12.4 Å². The summed E-state index contributed by atoms with van der Waals surface area (Å²) in [7, 11) is 1.52. The van der Waals surface area contributed by atoms with E-state index in [-0.39, 0.29) is 5.56 Å². The molecule has 162 valence electrons. The summed E-state index contributed by atoms with van der Waals surface area (Å²) in [6.07, 6.45) is 6.64. The van der Waals surface area contributed by atoms with Crippen LogP contribution in [0.4, 0.5) is 11.5 Å². The largest absolute Gasteiger partial charge is 0.491 e. The predicted octanol–water partition coefficient (Wildman–Crippen LogP) is 3.71. The van der Waals surface area contributed by atoms with Gasteiger partial charge in [0.15, 0.2) is 17.4 Å². The average Bonchev–Trinajstić information content (AvgIpc) is 3.16. The number of methoxy groups -OCH3 is 1. The number of fused-ring (bicyclic) bond motifs is 1. The third-order valence-electron chi connectivity index (χ3n) is 4.86. The maximum absolute atomic E-state index is 11.8. The normalized spacial score (nSPS) is 10.7. The van der Waals surface area contributed by atoms with Crippen molar-refractivity contribution in [3.8, 4) is 17.3 Å². The fraction of sp³-hybridized carbons (Fsp3) is 0.174. The summed E-state index contributed by atoms with van der Waals surface area (Å²) in [4.78, 5) is 24.9. The molecule has 0 bridgehead atoms. The molecule has 0 fully saturated rings. The third kappa shape index (κ3) is 4.13. The Labute approximate surface area is 185 Å². The molecular weight excluding hydrogens is 406 g/mol. The van der Waals surface area contributed by atoms with Gasteiger partial charge in [0, 0.05) is 17.8 Å². The molecule has 32 heavy (non-hydrogen) atoms. The number of primary amides is 1. The molecule has 0 saturated heterocycles. The van der Waals surface area contributed by atoms with Gasteiger partial charge in [-0.15, -0.1) is 0 Å². The van der Waals surface area contributed by atoms with Crippen LogP contribution in [0.2, 0.25) is 0 Å². The average molecular weight is 429 g/mol. The molecule has 0 aliphatic heterocycles. The van der Waals surface area contributed by atoms with Crippen LogP contribution in [0.1, 0.15) is 24.2 Å². The number of nitrogens with zero attached hydrogens (tertiary/aromatic N) is 5. The molecule has 1 aromatic carbocycles. The Morgan fingerprint density at radius 3 is 2.78 bits per heavy atom. The highest BCUT2D eigenvalue weighted by Gasteiger charge is 2.18. The highest BCUT2D eigenvalue weighted by molar-refractivity contribution is 5.99. The number of carbonyl (C=O) groups is 1. The van der Waals surface area contributed by atoms with Gasteiger partial charge in [-0.3, -0.25) is 14.5 Å². The fourth-order valence-electron chi connectivity index (χ4n) is 3.25. The van der Waals surface area contributed by atoms with Crippen LogP contribution in [-0.4, -0.2) is 37.7 Å². The number of allylic oxidation sites excluding steroid dienone is 2. The number of aromatic nitrogens is 5. The highest BCUT2D eigenvalue weighted by atomic mass is 16.5. The molecule has 0 radical (unpaired) electrons. The number of carbonyl (C=O) groups excluding carboxylic acids is 1. The summed E-state index contributed by atoms with van der Waals surface area (Å²) in [6, 6.07) is 9.58. The number of nitrogens with two attached hydrogens (primary N) is 1. The Morgan fingerprint density at radius 1 is 1.22 bits per heavy atom. The van der Waals surface area contributed by atoms with Crippen molar-refractivity contribution in [3.05, 3.63) is 66.1 Å². The number of benzene rings is 1. The lowest BCUT2D eigenvalue weighted by molar-refractivity contribution is 0.100. The Bertz CT molecular complexity index is 1320. The van der Waals surface area contributed by atoms with Gasteiger partial charge in [0.2, 0.25) is 0 Å². The lowest BCUT2D eigenvalue weighted by Gasteiger charge is -2.12. The molecule has 3 heterocycles. The van der Waals surface area contributed by atoms with Gasteiger partial charge in [-0.05, 0) is 26.0 Å². The predicted molar refractivity (Wildman–Crippen MR) is 123 cm³/mol. The van der Waals surface area contributed by atoms with E-state index in [1.807, 2.05) is 28.9 Å².